The van der Waals surface area contributed by atoms with E-state index in [9.17, 15) is 4.79 Å². The van der Waals surface area contributed by atoms with Crippen molar-refractivity contribution in [2.24, 2.45) is 0 Å². The zero-order chi connectivity index (χ0) is 16.1. The summed E-state index contributed by atoms with van der Waals surface area (Å²) in [5, 5.41) is 1.91. The Balaban J connectivity index is 1.69. The van der Waals surface area contributed by atoms with Crippen LogP contribution in [0.3, 0.4) is 0 Å². The normalized spacial score (nSPS) is 10.3. The minimum Gasteiger partial charge on any atom is -0.493 e. The molecule has 0 saturated carbocycles. The smallest absolute Gasteiger partial charge is 0.349 e. The summed E-state index contributed by atoms with van der Waals surface area (Å²) < 4.78 is 16.1. The first kappa shape index (κ1) is 14.9. The van der Waals surface area contributed by atoms with Crippen molar-refractivity contribution in [1.82, 2.24) is 0 Å². The molecule has 4 nitrogen and oxygen atoms in total. The fraction of sp³-hybridized carbons (Fsp3) is 0.105. The second kappa shape index (κ2) is 6.83. The topological polar surface area (TPSA) is 44.8 Å². The van der Waals surface area contributed by atoms with E-state index in [0.29, 0.717) is 17.2 Å². The summed E-state index contributed by atoms with van der Waals surface area (Å²) in [5.41, 5.74) is 0. The van der Waals surface area contributed by atoms with Crippen molar-refractivity contribution in [3.8, 4) is 17.2 Å². The molecule has 0 aromatic heterocycles. The maximum absolute atomic E-state index is 12.0. The number of benzene rings is 3. The number of ether oxygens (including phenoxy) is 3. The molecule has 0 unspecified atom stereocenters. The molecule has 0 N–H and O–H groups in total. The van der Waals surface area contributed by atoms with Crippen molar-refractivity contribution < 1.29 is 19.0 Å². The zero-order valence-corrected chi connectivity index (χ0v) is 12.7. The van der Waals surface area contributed by atoms with Gasteiger partial charge in [0, 0.05) is 5.39 Å². The fourth-order valence-corrected chi connectivity index (χ4v) is 2.31. The van der Waals surface area contributed by atoms with E-state index in [4.69, 9.17) is 14.2 Å². The van der Waals surface area contributed by atoms with Crippen LogP contribution in [-0.4, -0.2) is 19.7 Å². The molecule has 23 heavy (non-hydrogen) atoms. The summed E-state index contributed by atoms with van der Waals surface area (Å²) in [4.78, 5) is 12.0. The van der Waals surface area contributed by atoms with Crippen LogP contribution in [-0.2, 0) is 4.79 Å². The minimum atomic E-state index is -0.466. The van der Waals surface area contributed by atoms with Gasteiger partial charge in [0.2, 0.25) is 0 Å². The number of fused-ring (bicyclic) bond motifs is 1. The molecule has 0 saturated heterocycles. The molecule has 0 aliphatic heterocycles. The van der Waals surface area contributed by atoms with Gasteiger partial charge in [-0.15, -0.1) is 0 Å². The van der Waals surface area contributed by atoms with Gasteiger partial charge in [0.15, 0.2) is 18.1 Å². The Bertz CT molecular complexity index is 821. The van der Waals surface area contributed by atoms with Crippen molar-refractivity contribution in [3.05, 3.63) is 66.7 Å². The minimum absolute atomic E-state index is 0.191. The van der Waals surface area contributed by atoms with E-state index in [2.05, 4.69) is 0 Å². The highest BCUT2D eigenvalue weighted by Crippen LogP contribution is 2.27. The zero-order valence-electron chi connectivity index (χ0n) is 12.7. The largest absolute Gasteiger partial charge is 0.493 e. The first-order valence-corrected chi connectivity index (χ1v) is 7.22. The molecule has 3 aromatic carbocycles. The summed E-state index contributed by atoms with van der Waals surface area (Å²) in [5.74, 6) is 1.14. The molecule has 4 heteroatoms. The number of rotatable bonds is 5. The van der Waals surface area contributed by atoms with Crippen molar-refractivity contribution in [1.29, 1.82) is 0 Å². The molecule has 0 spiro atoms. The number of hydrogen-bond acceptors (Lipinski definition) is 4. The van der Waals surface area contributed by atoms with Crippen LogP contribution in [0, 0.1) is 0 Å². The van der Waals surface area contributed by atoms with Crippen LogP contribution in [0.5, 0.6) is 17.2 Å². The molecule has 0 aliphatic carbocycles. The van der Waals surface area contributed by atoms with Gasteiger partial charge in [-0.1, -0.05) is 48.5 Å². The van der Waals surface area contributed by atoms with Gasteiger partial charge in [-0.3, -0.25) is 0 Å². The molecule has 0 fully saturated rings. The Kier molecular flexibility index (Phi) is 4.43. The number of methoxy groups -OCH3 is 1. The van der Waals surface area contributed by atoms with Crippen LogP contribution >= 0.6 is 0 Å². The molecule has 0 radical (unpaired) electrons. The van der Waals surface area contributed by atoms with E-state index in [-0.39, 0.29) is 6.61 Å². The summed E-state index contributed by atoms with van der Waals surface area (Å²) >= 11 is 0. The van der Waals surface area contributed by atoms with Gasteiger partial charge in [-0.25, -0.2) is 4.79 Å². The first-order valence-electron chi connectivity index (χ1n) is 7.22. The summed E-state index contributed by atoms with van der Waals surface area (Å²) in [6.07, 6.45) is 0. The predicted octanol–water partition coefficient (Wildman–Crippen LogP) is 3.83. The highest BCUT2D eigenvalue weighted by atomic mass is 16.6. The lowest BCUT2D eigenvalue weighted by Gasteiger charge is -2.11. The maximum Gasteiger partial charge on any atom is 0.349 e. The van der Waals surface area contributed by atoms with E-state index >= 15 is 0 Å². The lowest BCUT2D eigenvalue weighted by molar-refractivity contribution is -0.136. The van der Waals surface area contributed by atoms with E-state index in [1.807, 2.05) is 48.5 Å². The third-order valence-corrected chi connectivity index (χ3v) is 3.39. The Morgan fingerprint density at radius 3 is 2.30 bits per heavy atom. The Hall–Kier alpha value is -3.01. The average molecular weight is 308 g/mol. The van der Waals surface area contributed by atoms with E-state index in [1.165, 1.54) is 0 Å². The quantitative estimate of drug-likeness (QED) is 0.531. The van der Waals surface area contributed by atoms with Gasteiger partial charge in [0.1, 0.15) is 5.75 Å². The van der Waals surface area contributed by atoms with Gasteiger partial charge < -0.3 is 14.2 Å². The number of para-hydroxylation sites is 2. The van der Waals surface area contributed by atoms with Crippen LogP contribution in [0.1, 0.15) is 0 Å². The SMILES string of the molecule is COc1ccccc1OCC(=O)Oc1cccc2ccccc12. The third kappa shape index (κ3) is 3.43. The van der Waals surface area contributed by atoms with Crippen molar-refractivity contribution in [2.45, 2.75) is 0 Å². The van der Waals surface area contributed by atoms with Crippen molar-refractivity contribution >= 4 is 16.7 Å². The Morgan fingerprint density at radius 1 is 0.826 bits per heavy atom. The average Bonchev–Trinajstić information content (AvgIpc) is 2.60. The van der Waals surface area contributed by atoms with E-state index < -0.39 is 5.97 Å². The van der Waals surface area contributed by atoms with Crippen LogP contribution in [0.2, 0.25) is 0 Å². The standard InChI is InChI=1S/C19H16O4/c1-21-17-10-4-5-11-18(17)22-13-19(20)23-16-12-6-8-14-7-2-3-9-15(14)16/h2-12H,13H2,1H3. The molecule has 0 heterocycles. The fourth-order valence-electron chi connectivity index (χ4n) is 2.31. The second-order valence-electron chi connectivity index (χ2n) is 4.89. The van der Waals surface area contributed by atoms with Crippen LogP contribution in [0.25, 0.3) is 10.8 Å². The summed E-state index contributed by atoms with van der Waals surface area (Å²) in [7, 11) is 1.55. The third-order valence-electron chi connectivity index (χ3n) is 3.39. The van der Waals surface area contributed by atoms with Crippen LogP contribution in [0.15, 0.2) is 66.7 Å². The van der Waals surface area contributed by atoms with Crippen molar-refractivity contribution in [3.63, 3.8) is 0 Å². The van der Waals surface area contributed by atoms with E-state index in [0.717, 1.165) is 10.8 Å². The highest BCUT2D eigenvalue weighted by Gasteiger charge is 2.10. The molecule has 3 aromatic rings. The van der Waals surface area contributed by atoms with Gasteiger partial charge in [0.05, 0.1) is 7.11 Å². The molecule has 0 amide bonds. The molecule has 3 rings (SSSR count). The molecule has 0 bridgehead atoms. The lowest BCUT2D eigenvalue weighted by Crippen LogP contribution is -2.18. The Morgan fingerprint density at radius 2 is 1.48 bits per heavy atom. The molecule has 0 aliphatic rings. The number of carbonyl (C=O) groups is 1. The Labute approximate surface area is 134 Å². The molecular formula is C19H16O4. The van der Waals surface area contributed by atoms with Crippen molar-refractivity contribution in [2.75, 3.05) is 13.7 Å². The number of esters is 1. The molecule has 116 valence electrons. The molecular weight excluding hydrogens is 292 g/mol. The monoisotopic (exact) mass is 308 g/mol. The predicted molar refractivity (Wildman–Crippen MR) is 88.1 cm³/mol. The van der Waals surface area contributed by atoms with Crippen LogP contribution in [0.4, 0.5) is 0 Å². The highest BCUT2D eigenvalue weighted by molar-refractivity contribution is 5.90. The lowest BCUT2D eigenvalue weighted by atomic mass is 10.1. The maximum atomic E-state index is 12.0. The van der Waals surface area contributed by atoms with Crippen LogP contribution < -0.4 is 14.2 Å². The summed E-state index contributed by atoms with van der Waals surface area (Å²) in [6.45, 7) is -0.191. The molecule has 0 atom stereocenters. The van der Waals surface area contributed by atoms with E-state index in [1.54, 1.807) is 25.3 Å². The van der Waals surface area contributed by atoms with Gasteiger partial charge >= 0.3 is 5.97 Å². The van der Waals surface area contributed by atoms with Gasteiger partial charge in [-0.2, -0.15) is 0 Å². The van der Waals surface area contributed by atoms with Gasteiger partial charge in [0.25, 0.3) is 0 Å². The summed E-state index contributed by atoms with van der Waals surface area (Å²) in [6, 6.07) is 20.5. The number of hydrogen-bond donors (Lipinski definition) is 0. The first-order chi connectivity index (χ1) is 11.3. The number of carbonyl (C=O) groups excluding carboxylic acids is 1. The van der Waals surface area contributed by atoms with Gasteiger partial charge in [-0.05, 0) is 23.6 Å². The second-order valence-corrected chi connectivity index (χ2v) is 4.89.